The fourth-order valence-electron chi connectivity index (χ4n) is 3.45. The van der Waals surface area contributed by atoms with Crippen molar-refractivity contribution in [3.63, 3.8) is 0 Å². The molecule has 2 aromatic carbocycles. The smallest absolute Gasteiger partial charge is 0.315 e. The SMILES string of the molecule is CNC(=O)c1ccc(CNC(=O)NCC2CCCc3ccccc32)cc1. The Morgan fingerprint density at radius 3 is 2.58 bits per heavy atom. The van der Waals surface area contributed by atoms with Crippen LogP contribution in [0.5, 0.6) is 0 Å². The summed E-state index contributed by atoms with van der Waals surface area (Å²) in [5, 5.41) is 8.45. The maximum atomic E-state index is 12.1. The minimum Gasteiger partial charge on any atom is -0.355 e. The molecule has 0 bridgehead atoms. The van der Waals surface area contributed by atoms with Gasteiger partial charge in [0.1, 0.15) is 0 Å². The predicted molar refractivity (Wildman–Crippen MR) is 102 cm³/mol. The molecule has 5 heteroatoms. The van der Waals surface area contributed by atoms with E-state index in [-0.39, 0.29) is 11.9 Å². The highest BCUT2D eigenvalue weighted by Gasteiger charge is 2.20. The van der Waals surface area contributed by atoms with Gasteiger partial charge in [0.25, 0.3) is 5.91 Å². The lowest BCUT2D eigenvalue weighted by Crippen LogP contribution is -2.38. The summed E-state index contributed by atoms with van der Waals surface area (Å²) in [7, 11) is 1.60. The number of nitrogens with one attached hydrogen (secondary N) is 3. The minimum atomic E-state index is -0.163. The zero-order chi connectivity index (χ0) is 18.4. The lowest BCUT2D eigenvalue weighted by atomic mass is 9.83. The third-order valence-corrected chi connectivity index (χ3v) is 4.90. The van der Waals surface area contributed by atoms with Gasteiger partial charge in [-0.3, -0.25) is 4.79 Å². The fourth-order valence-corrected chi connectivity index (χ4v) is 3.45. The number of aryl methyl sites for hydroxylation is 1. The maximum absolute atomic E-state index is 12.1. The Morgan fingerprint density at radius 2 is 1.81 bits per heavy atom. The molecule has 1 aliphatic rings. The molecule has 2 aromatic rings. The minimum absolute atomic E-state index is 0.116. The van der Waals surface area contributed by atoms with E-state index in [1.54, 1.807) is 19.2 Å². The maximum Gasteiger partial charge on any atom is 0.315 e. The fraction of sp³-hybridized carbons (Fsp3) is 0.333. The summed E-state index contributed by atoms with van der Waals surface area (Å²) in [5.41, 5.74) is 4.33. The van der Waals surface area contributed by atoms with Crippen LogP contribution in [-0.4, -0.2) is 25.5 Å². The van der Waals surface area contributed by atoms with Gasteiger partial charge in [-0.25, -0.2) is 4.79 Å². The molecule has 0 saturated heterocycles. The van der Waals surface area contributed by atoms with E-state index >= 15 is 0 Å². The van der Waals surface area contributed by atoms with Crippen molar-refractivity contribution in [3.8, 4) is 0 Å². The third-order valence-electron chi connectivity index (χ3n) is 4.90. The Bertz CT molecular complexity index is 771. The third kappa shape index (κ3) is 4.42. The summed E-state index contributed by atoms with van der Waals surface area (Å²) in [6.07, 6.45) is 3.41. The number of fused-ring (bicyclic) bond motifs is 1. The van der Waals surface area contributed by atoms with Crippen LogP contribution < -0.4 is 16.0 Å². The standard InChI is InChI=1S/C21H25N3O2/c1-22-20(25)17-11-9-15(10-12-17)13-23-21(26)24-14-18-7-4-6-16-5-2-3-8-19(16)18/h2-3,5,8-12,18H,4,6-7,13-14H2,1H3,(H,22,25)(H2,23,24,26). The number of carbonyl (C=O) groups excluding carboxylic acids is 2. The molecule has 0 saturated carbocycles. The van der Waals surface area contributed by atoms with E-state index in [1.165, 1.54) is 17.5 Å². The average molecular weight is 351 g/mol. The highest BCUT2D eigenvalue weighted by atomic mass is 16.2. The van der Waals surface area contributed by atoms with Crippen molar-refractivity contribution in [2.24, 2.45) is 0 Å². The Kier molecular flexibility index (Phi) is 5.89. The van der Waals surface area contributed by atoms with Gasteiger partial charge in [0.2, 0.25) is 0 Å². The molecule has 0 spiro atoms. The number of rotatable bonds is 5. The van der Waals surface area contributed by atoms with Crippen molar-refractivity contribution in [1.82, 2.24) is 16.0 Å². The zero-order valence-electron chi connectivity index (χ0n) is 15.0. The van der Waals surface area contributed by atoms with E-state index in [1.807, 2.05) is 12.1 Å². The van der Waals surface area contributed by atoms with Gasteiger partial charge >= 0.3 is 6.03 Å². The van der Waals surface area contributed by atoms with Crippen LogP contribution in [0.15, 0.2) is 48.5 Å². The molecule has 1 unspecified atom stereocenters. The largest absolute Gasteiger partial charge is 0.355 e. The number of hydrogen-bond acceptors (Lipinski definition) is 2. The van der Waals surface area contributed by atoms with Crippen molar-refractivity contribution in [1.29, 1.82) is 0 Å². The van der Waals surface area contributed by atoms with Gasteiger partial charge in [-0.15, -0.1) is 0 Å². The van der Waals surface area contributed by atoms with E-state index in [2.05, 4.69) is 40.2 Å². The zero-order valence-corrected chi connectivity index (χ0v) is 15.0. The van der Waals surface area contributed by atoms with Crippen LogP contribution in [0.3, 0.4) is 0 Å². The second-order valence-electron chi connectivity index (χ2n) is 6.63. The van der Waals surface area contributed by atoms with Gasteiger partial charge in [-0.1, -0.05) is 36.4 Å². The highest BCUT2D eigenvalue weighted by Crippen LogP contribution is 2.30. The topological polar surface area (TPSA) is 70.2 Å². The molecule has 3 rings (SSSR count). The number of benzene rings is 2. The molecule has 0 aliphatic heterocycles. The Morgan fingerprint density at radius 1 is 1.04 bits per heavy atom. The molecular weight excluding hydrogens is 326 g/mol. The first-order valence-electron chi connectivity index (χ1n) is 9.08. The van der Waals surface area contributed by atoms with Gasteiger partial charge in [-0.05, 0) is 48.1 Å². The quantitative estimate of drug-likeness (QED) is 0.775. The number of amides is 3. The van der Waals surface area contributed by atoms with E-state index in [9.17, 15) is 9.59 Å². The van der Waals surface area contributed by atoms with E-state index in [0.29, 0.717) is 24.6 Å². The normalized spacial score (nSPS) is 15.7. The second kappa shape index (κ2) is 8.52. The molecule has 0 radical (unpaired) electrons. The van der Waals surface area contributed by atoms with Crippen molar-refractivity contribution in [2.45, 2.75) is 31.7 Å². The molecule has 136 valence electrons. The molecule has 1 atom stereocenters. The summed E-state index contributed by atoms with van der Waals surface area (Å²) in [6.45, 7) is 1.08. The Balaban J connectivity index is 1.47. The monoisotopic (exact) mass is 351 g/mol. The molecule has 0 heterocycles. The summed E-state index contributed by atoms with van der Waals surface area (Å²) in [5.74, 6) is 0.271. The van der Waals surface area contributed by atoms with Crippen LogP contribution in [0, 0.1) is 0 Å². The lowest BCUT2D eigenvalue weighted by molar-refractivity contribution is 0.0963. The lowest BCUT2D eigenvalue weighted by Gasteiger charge is -2.25. The summed E-state index contributed by atoms with van der Waals surface area (Å²) in [4.78, 5) is 23.6. The number of urea groups is 1. The molecule has 3 N–H and O–H groups in total. The van der Waals surface area contributed by atoms with Crippen LogP contribution in [0.4, 0.5) is 4.79 Å². The number of hydrogen-bond donors (Lipinski definition) is 3. The molecule has 0 fully saturated rings. The van der Waals surface area contributed by atoms with Crippen LogP contribution >= 0.6 is 0 Å². The molecule has 26 heavy (non-hydrogen) atoms. The summed E-state index contributed by atoms with van der Waals surface area (Å²) < 4.78 is 0. The number of carbonyl (C=O) groups is 2. The van der Waals surface area contributed by atoms with E-state index in [0.717, 1.165) is 18.4 Å². The summed E-state index contributed by atoms with van der Waals surface area (Å²) in [6, 6.07) is 15.6. The van der Waals surface area contributed by atoms with Crippen molar-refractivity contribution in [2.75, 3.05) is 13.6 Å². The van der Waals surface area contributed by atoms with Gasteiger partial charge in [-0.2, -0.15) is 0 Å². The van der Waals surface area contributed by atoms with Crippen molar-refractivity contribution in [3.05, 3.63) is 70.8 Å². The molecular formula is C21H25N3O2. The van der Waals surface area contributed by atoms with E-state index in [4.69, 9.17) is 0 Å². The first-order valence-corrected chi connectivity index (χ1v) is 9.08. The first-order chi connectivity index (χ1) is 12.7. The van der Waals surface area contributed by atoms with Crippen LogP contribution in [0.1, 0.15) is 45.8 Å². The van der Waals surface area contributed by atoms with Gasteiger partial charge < -0.3 is 16.0 Å². The molecule has 3 amide bonds. The first kappa shape index (κ1) is 18.0. The molecule has 5 nitrogen and oxygen atoms in total. The molecule has 1 aliphatic carbocycles. The van der Waals surface area contributed by atoms with Crippen molar-refractivity contribution >= 4 is 11.9 Å². The Labute approximate surface area is 154 Å². The van der Waals surface area contributed by atoms with Gasteiger partial charge in [0, 0.05) is 31.6 Å². The van der Waals surface area contributed by atoms with E-state index < -0.39 is 0 Å². The molecule has 0 aromatic heterocycles. The van der Waals surface area contributed by atoms with Crippen LogP contribution in [0.2, 0.25) is 0 Å². The average Bonchev–Trinajstić information content (AvgIpc) is 2.70. The van der Waals surface area contributed by atoms with Gasteiger partial charge in [0.15, 0.2) is 0 Å². The Hall–Kier alpha value is -2.82. The van der Waals surface area contributed by atoms with Crippen molar-refractivity contribution < 1.29 is 9.59 Å². The van der Waals surface area contributed by atoms with Crippen LogP contribution in [0.25, 0.3) is 0 Å². The van der Waals surface area contributed by atoms with Gasteiger partial charge in [0.05, 0.1) is 0 Å². The van der Waals surface area contributed by atoms with Crippen LogP contribution in [-0.2, 0) is 13.0 Å². The second-order valence-corrected chi connectivity index (χ2v) is 6.63. The highest BCUT2D eigenvalue weighted by molar-refractivity contribution is 5.93. The summed E-state index contributed by atoms with van der Waals surface area (Å²) >= 11 is 0. The predicted octanol–water partition coefficient (Wildman–Crippen LogP) is 2.97.